The van der Waals surface area contributed by atoms with Gasteiger partial charge in [0.2, 0.25) is 11.8 Å². The zero-order valence-electron chi connectivity index (χ0n) is 12.8. The van der Waals surface area contributed by atoms with Crippen LogP contribution in [0.2, 0.25) is 0 Å². The fourth-order valence-corrected chi connectivity index (χ4v) is 3.41. The van der Waals surface area contributed by atoms with Crippen LogP contribution >= 0.6 is 11.3 Å². The number of nitrogens with zero attached hydrogens (tertiary/aromatic N) is 2. The lowest BCUT2D eigenvalue weighted by Crippen LogP contribution is -2.39. The van der Waals surface area contributed by atoms with Gasteiger partial charge in [-0.3, -0.25) is 9.59 Å². The number of aromatic nitrogens is 1. The van der Waals surface area contributed by atoms with E-state index in [0.717, 1.165) is 30.2 Å². The summed E-state index contributed by atoms with van der Waals surface area (Å²) in [4.78, 5) is 29.9. The van der Waals surface area contributed by atoms with E-state index in [1.54, 1.807) is 41.8 Å². The van der Waals surface area contributed by atoms with Gasteiger partial charge in [0.25, 0.3) is 0 Å². The second kappa shape index (κ2) is 6.78. The Morgan fingerprint density at radius 1 is 1.22 bits per heavy atom. The highest BCUT2D eigenvalue weighted by Gasteiger charge is 2.32. The van der Waals surface area contributed by atoms with E-state index in [9.17, 15) is 9.59 Å². The Kier molecular flexibility index (Phi) is 4.57. The molecular formula is C16H18N4O2S. The predicted molar refractivity (Wildman–Crippen MR) is 91.9 cm³/mol. The molecule has 1 saturated heterocycles. The molecule has 1 aliphatic rings. The first kappa shape index (κ1) is 15.5. The number of carbonyl (C=O) groups excluding carboxylic acids is 2. The molecule has 0 spiro atoms. The second-order valence-electron chi connectivity index (χ2n) is 5.41. The molecule has 3 rings (SSSR count). The van der Waals surface area contributed by atoms with Gasteiger partial charge >= 0.3 is 0 Å². The zero-order valence-corrected chi connectivity index (χ0v) is 13.6. The molecule has 23 heavy (non-hydrogen) atoms. The van der Waals surface area contributed by atoms with Crippen molar-refractivity contribution in [2.75, 3.05) is 22.1 Å². The first-order valence-electron chi connectivity index (χ1n) is 7.48. The molecule has 2 N–H and O–H groups in total. The fraction of sp³-hybridized carbons (Fsp3) is 0.312. The Morgan fingerprint density at radius 3 is 2.52 bits per heavy atom. The quantitative estimate of drug-likeness (QED) is 0.904. The number of nitrogens with one attached hydrogen (secondary N) is 2. The topological polar surface area (TPSA) is 74.3 Å². The van der Waals surface area contributed by atoms with Crippen LogP contribution in [0.25, 0.3) is 0 Å². The molecule has 2 heterocycles. The highest BCUT2D eigenvalue weighted by atomic mass is 32.1. The molecule has 0 bridgehead atoms. The molecule has 0 saturated carbocycles. The Balaban J connectivity index is 1.65. The van der Waals surface area contributed by atoms with Crippen LogP contribution in [0.15, 0.2) is 35.8 Å². The molecule has 0 radical (unpaired) electrons. The van der Waals surface area contributed by atoms with Crippen LogP contribution in [0.1, 0.15) is 19.8 Å². The molecule has 0 aliphatic carbocycles. The minimum Gasteiger partial charge on any atom is -0.336 e. The fourth-order valence-electron chi connectivity index (χ4n) is 2.69. The van der Waals surface area contributed by atoms with Crippen LogP contribution in [0.5, 0.6) is 0 Å². The maximum absolute atomic E-state index is 12.5. The Morgan fingerprint density at radius 2 is 1.91 bits per heavy atom. The molecule has 2 amide bonds. The summed E-state index contributed by atoms with van der Waals surface area (Å²) in [7, 11) is 0. The number of amides is 2. The normalized spacial score (nSPS) is 17.1. The Labute approximate surface area is 138 Å². The number of thiazole rings is 1. The van der Waals surface area contributed by atoms with Crippen molar-refractivity contribution in [1.82, 2.24) is 4.98 Å². The van der Waals surface area contributed by atoms with Gasteiger partial charge in [0.15, 0.2) is 5.13 Å². The third-order valence-electron chi connectivity index (χ3n) is 3.69. The SMILES string of the molecule is CC(=O)Nc1ccc(NC(=O)[C@H]2CCCN2c2nccs2)cc1. The maximum Gasteiger partial charge on any atom is 0.247 e. The lowest BCUT2D eigenvalue weighted by Gasteiger charge is -2.23. The maximum atomic E-state index is 12.5. The number of hydrogen-bond acceptors (Lipinski definition) is 5. The number of anilines is 3. The van der Waals surface area contributed by atoms with Crippen molar-refractivity contribution in [2.45, 2.75) is 25.8 Å². The summed E-state index contributed by atoms with van der Waals surface area (Å²) in [6, 6.07) is 6.92. The summed E-state index contributed by atoms with van der Waals surface area (Å²) in [5.41, 5.74) is 1.43. The number of rotatable bonds is 4. The summed E-state index contributed by atoms with van der Waals surface area (Å²) in [5, 5.41) is 8.45. The average Bonchev–Trinajstić information content (AvgIpc) is 3.19. The number of benzene rings is 1. The molecule has 120 valence electrons. The van der Waals surface area contributed by atoms with E-state index in [1.165, 1.54) is 6.92 Å². The standard InChI is InChI=1S/C16H18N4O2S/c1-11(21)18-12-4-6-13(7-5-12)19-15(22)14-3-2-9-20(14)16-17-8-10-23-16/h4-8,10,14H,2-3,9H2,1H3,(H,18,21)(H,19,22)/t14-/m1/s1. The van der Waals surface area contributed by atoms with Crippen LogP contribution in [0, 0.1) is 0 Å². The van der Waals surface area contributed by atoms with Gasteiger partial charge in [0.1, 0.15) is 6.04 Å². The lowest BCUT2D eigenvalue weighted by atomic mass is 10.2. The molecule has 1 aromatic heterocycles. The molecule has 1 atom stereocenters. The first-order chi connectivity index (χ1) is 11.1. The lowest BCUT2D eigenvalue weighted by molar-refractivity contribution is -0.117. The van der Waals surface area contributed by atoms with Crippen LogP contribution in [-0.2, 0) is 9.59 Å². The van der Waals surface area contributed by atoms with E-state index in [1.807, 2.05) is 5.38 Å². The Bertz CT molecular complexity index is 685. The predicted octanol–water partition coefficient (Wildman–Crippen LogP) is 2.71. The number of carbonyl (C=O) groups is 2. The highest BCUT2D eigenvalue weighted by molar-refractivity contribution is 7.13. The van der Waals surface area contributed by atoms with Gasteiger partial charge in [0.05, 0.1) is 0 Å². The van der Waals surface area contributed by atoms with Crippen LogP contribution in [0.3, 0.4) is 0 Å². The van der Waals surface area contributed by atoms with E-state index in [0.29, 0.717) is 5.69 Å². The van der Waals surface area contributed by atoms with Crippen LogP contribution < -0.4 is 15.5 Å². The summed E-state index contributed by atoms with van der Waals surface area (Å²) < 4.78 is 0. The van der Waals surface area contributed by atoms with E-state index < -0.39 is 0 Å². The van der Waals surface area contributed by atoms with Gasteiger partial charge in [-0.1, -0.05) is 0 Å². The molecule has 6 nitrogen and oxygen atoms in total. The van der Waals surface area contributed by atoms with E-state index in [2.05, 4.69) is 20.5 Å². The van der Waals surface area contributed by atoms with Gasteiger partial charge < -0.3 is 15.5 Å². The van der Waals surface area contributed by atoms with Crippen molar-refractivity contribution in [2.24, 2.45) is 0 Å². The van der Waals surface area contributed by atoms with Crippen molar-refractivity contribution in [3.8, 4) is 0 Å². The minimum atomic E-state index is -0.184. The van der Waals surface area contributed by atoms with Gasteiger partial charge in [-0.2, -0.15) is 0 Å². The van der Waals surface area contributed by atoms with Crippen molar-refractivity contribution in [3.05, 3.63) is 35.8 Å². The molecule has 1 aromatic carbocycles. The van der Waals surface area contributed by atoms with E-state index in [-0.39, 0.29) is 17.9 Å². The second-order valence-corrected chi connectivity index (χ2v) is 6.29. The number of hydrogen-bond donors (Lipinski definition) is 2. The molecular weight excluding hydrogens is 312 g/mol. The third-order valence-corrected chi connectivity index (χ3v) is 4.50. The zero-order chi connectivity index (χ0) is 16.2. The third kappa shape index (κ3) is 3.68. The molecule has 1 fully saturated rings. The van der Waals surface area contributed by atoms with Crippen molar-refractivity contribution < 1.29 is 9.59 Å². The molecule has 7 heteroatoms. The smallest absolute Gasteiger partial charge is 0.247 e. The highest BCUT2D eigenvalue weighted by Crippen LogP contribution is 2.28. The van der Waals surface area contributed by atoms with Crippen LogP contribution in [-0.4, -0.2) is 29.4 Å². The van der Waals surface area contributed by atoms with Crippen molar-refractivity contribution in [3.63, 3.8) is 0 Å². The van der Waals surface area contributed by atoms with E-state index in [4.69, 9.17) is 0 Å². The van der Waals surface area contributed by atoms with Gasteiger partial charge in [-0.05, 0) is 37.1 Å². The van der Waals surface area contributed by atoms with E-state index >= 15 is 0 Å². The average molecular weight is 330 g/mol. The van der Waals surface area contributed by atoms with Crippen molar-refractivity contribution in [1.29, 1.82) is 0 Å². The summed E-state index contributed by atoms with van der Waals surface area (Å²) >= 11 is 1.55. The molecule has 0 unspecified atom stereocenters. The summed E-state index contributed by atoms with van der Waals surface area (Å²) in [6.45, 7) is 2.32. The summed E-state index contributed by atoms with van der Waals surface area (Å²) in [6.07, 6.45) is 3.57. The van der Waals surface area contributed by atoms with Crippen LogP contribution in [0.4, 0.5) is 16.5 Å². The first-order valence-corrected chi connectivity index (χ1v) is 8.36. The molecule has 2 aromatic rings. The van der Waals surface area contributed by atoms with Gasteiger partial charge in [-0.25, -0.2) is 4.98 Å². The minimum absolute atomic E-state index is 0.0232. The molecule has 1 aliphatic heterocycles. The Hall–Kier alpha value is -2.41. The van der Waals surface area contributed by atoms with Gasteiger partial charge in [-0.15, -0.1) is 11.3 Å². The largest absolute Gasteiger partial charge is 0.336 e. The van der Waals surface area contributed by atoms with Crippen molar-refractivity contribution >= 4 is 39.7 Å². The van der Waals surface area contributed by atoms with Gasteiger partial charge in [0, 0.05) is 36.4 Å². The monoisotopic (exact) mass is 330 g/mol. The summed E-state index contributed by atoms with van der Waals surface area (Å²) in [5.74, 6) is -0.142.